The molecule has 1 heterocycles. The van der Waals surface area contributed by atoms with Crippen LogP contribution in [0.5, 0.6) is 17.2 Å². The number of nitrogens with two attached hydrogens (primary N) is 1. The number of hydrogen-bond acceptors (Lipinski definition) is 6. The molecule has 3 aromatic carbocycles. The monoisotopic (exact) mass is 536 g/mol. The molecule has 2 N–H and O–H groups in total. The summed E-state index contributed by atoms with van der Waals surface area (Å²) in [6.07, 6.45) is 2.74. The van der Waals surface area contributed by atoms with Crippen LogP contribution in [0, 0.1) is 11.3 Å². The van der Waals surface area contributed by atoms with E-state index in [0.717, 1.165) is 30.4 Å². The lowest BCUT2D eigenvalue weighted by Crippen LogP contribution is -2.21. The fourth-order valence-corrected chi connectivity index (χ4v) is 4.68. The highest BCUT2D eigenvalue weighted by Gasteiger charge is 2.31. The molecule has 1 aliphatic rings. The Hall–Kier alpha value is -3.66. The van der Waals surface area contributed by atoms with Crippen LogP contribution in [0.3, 0.4) is 0 Å². The fraction of sp³-hybridized carbons (Fsp3) is 0.241. The maximum absolute atomic E-state index is 12.9. The van der Waals surface area contributed by atoms with Gasteiger partial charge in [-0.1, -0.05) is 73.8 Å². The van der Waals surface area contributed by atoms with Gasteiger partial charge in [0.15, 0.2) is 5.75 Å². The Morgan fingerprint density at radius 1 is 1.08 bits per heavy atom. The lowest BCUT2D eigenvalue weighted by molar-refractivity contribution is 0.0734. The van der Waals surface area contributed by atoms with E-state index in [1.54, 1.807) is 18.2 Å². The van der Waals surface area contributed by atoms with Crippen molar-refractivity contribution in [3.05, 3.63) is 98.4 Å². The molecule has 0 aromatic heterocycles. The first-order valence-corrected chi connectivity index (χ1v) is 12.8. The van der Waals surface area contributed by atoms with Crippen molar-refractivity contribution in [3.63, 3.8) is 0 Å². The van der Waals surface area contributed by atoms with Gasteiger partial charge in [0.25, 0.3) is 0 Å². The Labute approximate surface area is 226 Å². The second kappa shape index (κ2) is 11.6. The van der Waals surface area contributed by atoms with E-state index < -0.39 is 11.9 Å². The summed E-state index contributed by atoms with van der Waals surface area (Å²) in [4.78, 5) is 12.9. The van der Waals surface area contributed by atoms with Gasteiger partial charge in [-0.3, -0.25) is 0 Å². The van der Waals surface area contributed by atoms with Crippen molar-refractivity contribution in [2.24, 2.45) is 5.73 Å². The topological polar surface area (TPSA) is 94.6 Å². The molecule has 1 aliphatic heterocycles. The van der Waals surface area contributed by atoms with E-state index in [9.17, 15) is 10.1 Å². The molecule has 6 nitrogen and oxygen atoms in total. The third-order valence-electron chi connectivity index (χ3n) is 6.10. The summed E-state index contributed by atoms with van der Waals surface area (Å²) in [6, 6.07) is 18.1. The number of fused-ring (bicyclic) bond motifs is 1. The van der Waals surface area contributed by atoms with Crippen LogP contribution in [0.15, 0.2) is 66.1 Å². The first-order chi connectivity index (χ1) is 17.9. The number of aryl methyl sites for hydroxylation is 1. The van der Waals surface area contributed by atoms with Crippen LogP contribution in [0.1, 0.15) is 59.7 Å². The summed E-state index contributed by atoms with van der Waals surface area (Å²) in [5, 5.41) is 10.2. The predicted octanol–water partition coefficient (Wildman–Crippen LogP) is 7.17. The number of nitriles is 1. The molecule has 1 atom stereocenters. The van der Waals surface area contributed by atoms with Gasteiger partial charge in [-0.05, 0) is 42.2 Å². The number of esters is 1. The number of ether oxygens (including phenoxy) is 3. The Bertz CT molecular complexity index is 1370. The highest BCUT2D eigenvalue weighted by molar-refractivity contribution is 6.37. The van der Waals surface area contributed by atoms with Gasteiger partial charge in [0, 0.05) is 11.6 Å². The summed E-state index contributed by atoms with van der Waals surface area (Å²) in [7, 11) is 0. The van der Waals surface area contributed by atoms with Gasteiger partial charge >= 0.3 is 5.97 Å². The number of benzene rings is 3. The first kappa shape index (κ1) is 26.4. The van der Waals surface area contributed by atoms with Gasteiger partial charge in [-0.25, -0.2) is 4.79 Å². The molecule has 0 fully saturated rings. The van der Waals surface area contributed by atoms with E-state index in [1.165, 1.54) is 17.7 Å². The number of unbranched alkanes of at least 4 members (excludes halogenated alkanes) is 1. The van der Waals surface area contributed by atoms with Crippen molar-refractivity contribution in [2.45, 2.75) is 39.0 Å². The lowest BCUT2D eigenvalue weighted by atomic mass is 9.83. The molecule has 0 aliphatic carbocycles. The molecule has 4 rings (SSSR count). The van der Waals surface area contributed by atoms with Crippen LogP contribution in [0.25, 0.3) is 0 Å². The SMILES string of the molecule is CCCCOc1c(Cl)cc(C(=O)Oc2ccc3c(c2)OC(N)=C(C#N)C3c2ccc(CC)cc2)cc1Cl. The third kappa shape index (κ3) is 5.69. The van der Waals surface area contributed by atoms with E-state index in [2.05, 4.69) is 13.0 Å². The van der Waals surface area contributed by atoms with Gasteiger partial charge in [0.1, 0.15) is 23.1 Å². The second-order valence-electron chi connectivity index (χ2n) is 8.58. The highest BCUT2D eigenvalue weighted by atomic mass is 35.5. The van der Waals surface area contributed by atoms with E-state index in [0.29, 0.717) is 23.7 Å². The molecular weight excluding hydrogens is 511 g/mol. The van der Waals surface area contributed by atoms with Crippen molar-refractivity contribution >= 4 is 29.2 Å². The molecule has 0 radical (unpaired) electrons. The number of halogens is 2. The van der Waals surface area contributed by atoms with Crippen LogP contribution in [-0.4, -0.2) is 12.6 Å². The zero-order valence-corrected chi connectivity index (χ0v) is 22.0. The molecule has 0 bridgehead atoms. The quantitative estimate of drug-likeness (QED) is 0.186. The predicted molar refractivity (Wildman–Crippen MR) is 143 cm³/mol. The minimum atomic E-state index is -0.646. The van der Waals surface area contributed by atoms with Gasteiger partial charge in [0.2, 0.25) is 5.88 Å². The number of carbonyl (C=O) groups is 1. The second-order valence-corrected chi connectivity index (χ2v) is 9.39. The Morgan fingerprint density at radius 2 is 1.78 bits per heavy atom. The van der Waals surface area contributed by atoms with Crippen LogP contribution in [0.2, 0.25) is 10.0 Å². The average Bonchev–Trinajstić information content (AvgIpc) is 2.89. The third-order valence-corrected chi connectivity index (χ3v) is 6.66. The van der Waals surface area contributed by atoms with Crippen molar-refractivity contribution in [1.29, 1.82) is 5.26 Å². The molecule has 190 valence electrons. The molecule has 0 amide bonds. The summed E-state index contributed by atoms with van der Waals surface area (Å²) in [6.45, 7) is 4.61. The first-order valence-electron chi connectivity index (χ1n) is 12.0. The van der Waals surface area contributed by atoms with Crippen molar-refractivity contribution in [3.8, 4) is 23.3 Å². The molecule has 8 heteroatoms. The normalized spacial score (nSPS) is 14.4. The number of allylic oxidation sites excluding steroid dienone is 1. The van der Waals surface area contributed by atoms with Crippen molar-refractivity contribution in [1.82, 2.24) is 0 Å². The minimum Gasteiger partial charge on any atom is -0.490 e. The Morgan fingerprint density at radius 3 is 2.41 bits per heavy atom. The molecule has 37 heavy (non-hydrogen) atoms. The highest BCUT2D eigenvalue weighted by Crippen LogP contribution is 2.43. The number of rotatable bonds is 8. The zero-order chi connectivity index (χ0) is 26.5. The Kier molecular flexibility index (Phi) is 8.27. The van der Waals surface area contributed by atoms with Gasteiger partial charge < -0.3 is 19.9 Å². The van der Waals surface area contributed by atoms with Gasteiger partial charge in [-0.2, -0.15) is 5.26 Å². The van der Waals surface area contributed by atoms with Crippen LogP contribution < -0.4 is 19.9 Å². The standard InChI is InChI=1S/C29H26Cl2N2O4/c1-3-5-12-35-27-23(30)13-19(14-24(27)31)29(34)36-20-10-11-21-25(15-20)37-28(33)22(16-32)26(21)18-8-6-17(4-2)7-9-18/h6-11,13-15,26H,3-5,12,33H2,1-2H3. The van der Waals surface area contributed by atoms with Crippen molar-refractivity contribution < 1.29 is 19.0 Å². The summed E-state index contributed by atoms with van der Waals surface area (Å²) >= 11 is 12.6. The van der Waals surface area contributed by atoms with E-state index in [4.69, 9.17) is 43.1 Å². The number of carbonyl (C=O) groups excluding carboxylic acids is 1. The van der Waals surface area contributed by atoms with Crippen molar-refractivity contribution in [2.75, 3.05) is 6.61 Å². The largest absolute Gasteiger partial charge is 0.490 e. The Balaban J connectivity index is 1.59. The molecule has 3 aromatic rings. The lowest BCUT2D eigenvalue weighted by Gasteiger charge is -2.26. The van der Waals surface area contributed by atoms with E-state index >= 15 is 0 Å². The fourth-order valence-electron chi connectivity index (χ4n) is 4.09. The smallest absolute Gasteiger partial charge is 0.343 e. The summed E-state index contributed by atoms with van der Waals surface area (Å²) in [5.74, 6) is -0.0473. The van der Waals surface area contributed by atoms with Crippen LogP contribution in [0.4, 0.5) is 0 Å². The minimum absolute atomic E-state index is 0.0141. The maximum atomic E-state index is 12.9. The molecule has 0 spiro atoms. The average molecular weight is 537 g/mol. The van der Waals surface area contributed by atoms with E-state index in [-0.39, 0.29) is 27.2 Å². The van der Waals surface area contributed by atoms with E-state index in [1.807, 2.05) is 31.2 Å². The zero-order valence-electron chi connectivity index (χ0n) is 20.5. The van der Waals surface area contributed by atoms with Gasteiger partial charge in [0.05, 0.1) is 28.1 Å². The van der Waals surface area contributed by atoms with Crippen LogP contribution in [-0.2, 0) is 6.42 Å². The molecule has 0 saturated heterocycles. The molecular formula is C29H26Cl2N2O4. The molecule has 0 saturated carbocycles. The van der Waals surface area contributed by atoms with Gasteiger partial charge in [-0.15, -0.1) is 0 Å². The summed E-state index contributed by atoms with van der Waals surface area (Å²) in [5.41, 5.74) is 9.46. The van der Waals surface area contributed by atoms with Crippen LogP contribution >= 0.6 is 23.2 Å². The maximum Gasteiger partial charge on any atom is 0.343 e. The number of hydrogen-bond donors (Lipinski definition) is 1. The number of nitrogens with zero attached hydrogens (tertiary/aromatic N) is 1. The molecule has 1 unspecified atom stereocenters. The summed E-state index contributed by atoms with van der Waals surface area (Å²) < 4.78 is 17.0.